The lowest BCUT2D eigenvalue weighted by molar-refractivity contribution is 0.185. The van der Waals surface area contributed by atoms with Gasteiger partial charge in [0.15, 0.2) is 0 Å². The summed E-state index contributed by atoms with van der Waals surface area (Å²) in [6.45, 7) is 0.325. The Morgan fingerprint density at radius 3 is 2.65 bits per heavy atom. The zero-order valence-electron chi connectivity index (χ0n) is 13.1. The first-order valence-corrected chi connectivity index (χ1v) is 8.70. The minimum Gasteiger partial charge on any atom is -0.489 e. The zero-order chi connectivity index (χ0) is 16.2. The van der Waals surface area contributed by atoms with Gasteiger partial charge in [-0.25, -0.2) is 4.79 Å². The van der Waals surface area contributed by atoms with Gasteiger partial charge < -0.3 is 20.1 Å². The van der Waals surface area contributed by atoms with Crippen molar-refractivity contribution in [3.8, 4) is 5.75 Å². The van der Waals surface area contributed by atoms with Gasteiger partial charge in [-0.1, -0.05) is 11.6 Å². The summed E-state index contributed by atoms with van der Waals surface area (Å²) in [6, 6.07) is 5.39. The highest BCUT2D eigenvalue weighted by Gasteiger charge is 2.32. The van der Waals surface area contributed by atoms with E-state index in [1.807, 2.05) is 6.07 Å². The van der Waals surface area contributed by atoms with Crippen LogP contribution >= 0.6 is 11.6 Å². The molecule has 0 spiro atoms. The quantitative estimate of drug-likeness (QED) is 0.832. The van der Waals surface area contributed by atoms with Crippen LogP contribution in [0.4, 0.5) is 10.5 Å². The van der Waals surface area contributed by atoms with Crippen molar-refractivity contribution in [2.24, 2.45) is 0 Å². The molecule has 2 aliphatic rings. The fraction of sp³-hybridized carbons (Fsp3) is 0.588. The number of ether oxygens (including phenoxy) is 1. The Balaban J connectivity index is 1.61. The highest BCUT2D eigenvalue weighted by Crippen LogP contribution is 2.32. The van der Waals surface area contributed by atoms with Crippen LogP contribution in [0.5, 0.6) is 5.75 Å². The average Bonchev–Trinajstić information content (AvgIpc) is 3.24. The van der Waals surface area contributed by atoms with Crippen molar-refractivity contribution in [1.82, 2.24) is 4.90 Å². The molecule has 0 aromatic heterocycles. The first-order valence-electron chi connectivity index (χ1n) is 8.32. The van der Waals surface area contributed by atoms with E-state index >= 15 is 0 Å². The lowest BCUT2D eigenvalue weighted by Gasteiger charge is -2.22. The van der Waals surface area contributed by atoms with Gasteiger partial charge in [-0.15, -0.1) is 0 Å². The van der Waals surface area contributed by atoms with Crippen LogP contribution in [0.2, 0.25) is 5.02 Å². The third-order valence-corrected chi connectivity index (χ3v) is 4.66. The van der Waals surface area contributed by atoms with E-state index in [1.165, 1.54) is 12.8 Å². The second-order valence-electron chi connectivity index (χ2n) is 6.25. The highest BCUT2D eigenvalue weighted by molar-refractivity contribution is 6.32. The monoisotopic (exact) mass is 338 g/mol. The molecular formula is C17H23ClN2O3. The second-order valence-corrected chi connectivity index (χ2v) is 6.66. The topological polar surface area (TPSA) is 61.8 Å². The molecule has 0 saturated heterocycles. The molecule has 2 amide bonds. The number of carbonyl (C=O) groups excluding carboxylic acids is 1. The van der Waals surface area contributed by atoms with Crippen molar-refractivity contribution >= 4 is 23.3 Å². The summed E-state index contributed by atoms with van der Waals surface area (Å²) in [5.41, 5.74) is 0.641. The number of aliphatic hydroxyl groups is 1. The number of nitrogens with one attached hydrogen (secondary N) is 1. The van der Waals surface area contributed by atoms with E-state index in [0.29, 0.717) is 23.0 Å². The largest absolute Gasteiger partial charge is 0.489 e. The molecule has 2 fully saturated rings. The Morgan fingerprint density at radius 1 is 1.30 bits per heavy atom. The molecule has 1 aromatic carbocycles. The van der Waals surface area contributed by atoms with Crippen LogP contribution < -0.4 is 10.1 Å². The van der Waals surface area contributed by atoms with Crippen LogP contribution in [0.3, 0.4) is 0 Å². The molecule has 6 heteroatoms. The van der Waals surface area contributed by atoms with Crippen molar-refractivity contribution in [1.29, 1.82) is 0 Å². The van der Waals surface area contributed by atoms with Crippen molar-refractivity contribution < 1.29 is 14.6 Å². The predicted molar refractivity (Wildman–Crippen MR) is 90.2 cm³/mol. The predicted octanol–water partition coefficient (Wildman–Crippen LogP) is 3.65. The maximum absolute atomic E-state index is 12.3. The summed E-state index contributed by atoms with van der Waals surface area (Å²) in [5.74, 6) is 0.672. The molecular weight excluding hydrogens is 316 g/mol. The Labute approximate surface area is 141 Å². The third-order valence-electron chi connectivity index (χ3n) is 4.37. The van der Waals surface area contributed by atoms with E-state index in [0.717, 1.165) is 25.7 Å². The third kappa shape index (κ3) is 4.30. The van der Waals surface area contributed by atoms with Gasteiger partial charge in [-0.3, -0.25) is 0 Å². The maximum Gasteiger partial charge on any atom is 0.322 e. The number of urea groups is 1. The molecule has 2 N–H and O–H groups in total. The van der Waals surface area contributed by atoms with Crippen LogP contribution in [0.1, 0.15) is 38.5 Å². The van der Waals surface area contributed by atoms with E-state index < -0.39 is 0 Å². The number of hydrogen-bond donors (Lipinski definition) is 2. The van der Waals surface area contributed by atoms with Gasteiger partial charge in [-0.2, -0.15) is 0 Å². The van der Waals surface area contributed by atoms with Crippen molar-refractivity contribution in [3.63, 3.8) is 0 Å². The molecule has 0 heterocycles. The van der Waals surface area contributed by atoms with E-state index in [9.17, 15) is 4.79 Å². The second kappa shape index (κ2) is 7.41. The van der Waals surface area contributed by atoms with E-state index in [4.69, 9.17) is 21.4 Å². The summed E-state index contributed by atoms with van der Waals surface area (Å²) in [6.07, 6.45) is 6.82. The Hall–Kier alpha value is -1.46. The maximum atomic E-state index is 12.3. The Bertz CT molecular complexity index is 557. The summed E-state index contributed by atoms with van der Waals surface area (Å²) in [5, 5.41) is 12.4. The number of benzene rings is 1. The first-order chi connectivity index (χ1) is 11.2. The lowest BCUT2D eigenvalue weighted by Crippen LogP contribution is -2.38. The SMILES string of the molecule is O=C(Nc1ccc(OC2CCCC2)c(Cl)c1)N(CCO)C1CC1. The molecule has 0 radical (unpaired) electrons. The zero-order valence-corrected chi connectivity index (χ0v) is 13.9. The van der Waals surface area contributed by atoms with Gasteiger partial charge in [0, 0.05) is 18.3 Å². The molecule has 2 saturated carbocycles. The number of halogens is 1. The molecule has 0 bridgehead atoms. The van der Waals surface area contributed by atoms with Crippen LogP contribution in [0.15, 0.2) is 18.2 Å². The number of rotatable bonds is 6. The molecule has 23 heavy (non-hydrogen) atoms. The molecule has 2 aliphatic carbocycles. The number of amides is 2. The van der Waals surface area contributed by atoms with Crippen LogP contribution in [0.25, 0.3) is 0 Å². The van der Waals surface area contributed by atoms with Gasteiger partial charge in [0.25, 0.3) is 0 Å². The standard InChI is InChI=1S/C17H23ClN2O3/c18-15-11-12(5-8-16(15)23-14-3-1-2-4-14)19-17(22)20(9-10-21)13-6-7-13/h5,8,11,13-14,21H,1-4,6-7,9-10H2,(H,19,22). The van der Waals surface area contributed by atoms with E-state index in [1.54, 1.807) is 17.0 Å². The number of anilines is 1. The summed E-state index contributed by atoms with van der Waals surface area (Å²) < 4.78 is 5.91. The number of aliphatic hydroxyl groups excluding tert-OH is 1. The van der Waals surface area contributed by atoms with Crippen LogP contribution in [-0.2, 0) is 0 Å². The molecule has 0 aliphatic heterocycles. The van der Waals surface area contributed by atoms with Crippen molar-refractivity contribution in [2.45, 2.75) is 50.7 Å². The molecule has 5 nitrogen and oxygen atoms in total. The van der Waals surface area contributed by atoms with E-state index in [-0.39, 0.29) is 24.8 Å². The highest BCUT2D eigenvalue weighted by atomic mass is 35.5. The van der Waals surface area contributed by atoms with Gasteiger partial charge in [-0.05, 0) is 56.7 Å². The molecule has 3 rings (SSSR count). The number of carbonyl (C=O) groups is 1. The summed E-state index contributed by atoms with van der Waals surface area (Å²) in [7, 11) is 0. The summed E-state index contributed by atoms with van der Waals surface area (Å²) >= 11 is 6.28. The average molecular weight is 339 g/mol. The number of nitrogens with zero attached hydrogens (tertiary/aromatic N) is 1. The van der Waals surface area contributed by atoms with Crippen LogP contribution in [-0.4, -0.2) is 41.3 Å². The van der Waals surface area contributed by atoms with Crippen LogP contribution in [0, 0.1) is 0 Å². The minimum atomic E-state index is -0.193. The van der Waals surface area contributed by atoms with Crippen molar-refractivity contribution in [3.05, 3.63) is 23.2 Å². The smallest absolute Gasteiger partial charge is 0.322 e. The Kier molecular flexibility index (Phi) is 5.28. The fourth-order valence-corrected chi connectivity index (χ4v) is 3.22. The van der Waals surface area contributed by atoms with Gasteiger partial charge in [0.05, 0.1) is 17.7 Å². The van der Waals surface area contributed by atoms with Gasteiger partial charge >= 0.3 is 6.03 Å². The number of hydrogen-bond acceptors (Lipinski definition) is 3. The molecule has 0 atom stereocenters. The van der Waals surface area contributed by atoms with E-state index in [2.05, 4.69) is 5.32 Å². The van der Waals surface area contributed by atoms with Crippen molar-refractivity contribution in [2.75, 3.05) is 18.5 Å². The molecule has 0 unspecified atom stereocenters. The molecule has 1 aromatic rings. The molecule has 126 valence electrons. The lowest BCUT2D eigenvalue weighted by atomic mass is 10.2. The Morgan fingerprint density at radius 2 is 2.04 bits per heavy atom. The van der Waals surface area contributed by atoms with Gasteiger partial charge in [0.1, 0.15) is 5.75 Å². The fourth-order valence-electron chi connectivity index (χ4n) is 3.00. The van der Waals surface area contributed by atoms with Gasteiger partial charge in [0.2, 0.25) is 0 Å². The normalized spacial score (nSPS) is 18.0. The minimum absolute atomic E-state index is 0.0289. The first kappa shape index (κ1) is 16.4. The summed E-state index contributed by atoms with van der Waals surface area (Å²) in [4.78, 5) is 14.0.